The van der Waals surface area contributed by atoms with E-state index in [9.17, 15) is 3.83 Å². The number of fused-ring (bicyclic) bond motifs is 3. The van der Waals surface area contributed by atoms with Gasteiger partial charge in [0, 0.05) is 0 Å². The standard InChI is InChI=1S/C12H7ClOSe/c13-10-6-3-5-9-8-4-1-2-7-11(8)15(14)12(9)10/h1-7H. The third-order valence-electron chi connectivity index (χ3n) is 2.53. The molecule has 0 bridgehead atoms. The van der Waals surface area contributed by atoms with Gasteiger partial charge in [-0.2, -0.15) is 0 Å². The fourth-order valence-corrected chi connectivity index (χ4v) is 5.39. The molecule has 0 spiro atoms. The van der Waals surface area contributed by atoms with Crippen LogP contribution in [0.15, 0.2) is 42.5 Å². The molecule has 1 heterocycles. The Morgan fingerprint density at radius 1 is 0.933 bits per heavy atom. The molecule has 0 saturated carbocycles. The van der Waals surface area contributed by atoms with Crippen molar-refractivity contribution in [3.8, 4) is 11.1 Å². The summed E-state index contributed by atoms with van der Waals surface area (Å²) in [5.41, 5.74) is 2.12. The fraction of sp³-hybridized carbons (Fsp3) is 0. The Kier molecular flexibility index (Phi) is 2.03. The van der Waals surface area contributed by atoms with Crippen molar-refractivity contribution in [3.63, 3.8) is 0 Å². The molecule has 0 aliphatic carbocycles. The Labute approximate surface area is 96.8 Å². The second-order valence-electron chi connectivity index (χ2n) is 3.38. The van der Waals surface area contributed by atoms with Crippen LogP contribution in [-0.2, 0) is 3.83 Å². The predicted molar refractivity (Wildman–Crippen MR) is 62.6 cm³/mol. The molecule has 2 aromatic carbocycles. The topological polar surface area (TPSA) is 17.1 Å². The first kappa shape index (κ1) is 9.29. The summed E-state index contributed by atoms with van der Waals surface area (Å²) in [7, 11) is 0. The maximum absolute atomic E-state index is 12.2. The van der Waals surface area contributed by atoms with Crippen LogP contribution >= 0.6 is 11.6 Å². The monoisotopic (exact) mass is 282 g/mol. The van der Waals surface area contributed by atoms with Crippen LogP contribution in [-0.4, -0.2) is 13.8 Å². The van der Waals surface area contributed by atoms with Gasteiger partial charge in [-0.3, -0.25) is 0 Å². The van der Waals surface area contributed by atoms with E-state index in [1.165, 1.54) is 0 Å². The molecule has 1 nitrogen and oxygen atoms in total. The Hall–Kier alpha value is -0.951. The number of hydrogen-bond donors (Lipinski definition) is 0. The van der Waals surface area contributed by atoms with E-state index in [4.69, 9.17) is 11.6 Å². The van der Waals surface area contributed by atoms with Crippen LogP contribution in [0.5, 0.6) is 0 Å². The van der Waals surface area contributed by atoms with Crippen LogP contribution in [0.3, 0.4) is 0 Å². The number of benzene rings is 2. The van der Waals surface area contributed by atoms with Gasteiger partial charge in [0.15, 0.2) is 0 Å². The van der Waals surface area contributed by atoms with Gasteiger partial charge in [0.05, 0.1) is 0 Å². The summed E-state index contributed by atoms with van der Waals surface area (Å²) in [5.74, 6) is 0. The molecule has 0 aromatic heterocycles. The third-order valence-corrected chi connectivity index (χ3v) is 6.38. The molecule has 1 aliphatic rings. The molecule has 0 saturated heterocycles. The first-order valence-electron chi connectivity index (χ1n) is 4.59. The molecule has 2 aromatic rings. The normalized spacial score (nSPS) is 17.3. The zero-order valence-corrected chi connectivity index (χ0v) is 10.2. The Bertz CT molecular complexity index is 578. The van der Waals surface area contributed by atoms with E-state index in [0.29, 0.717) is 5.02 Å². The molecule has 0 fully saturated rings. The van der Waals surface area contributed by atoms with E-state index >= 15 is 0 Å². The maximum atomic E-state index is 12.2. The van der Waals surface area contributed by atoms with Gasteiger partial charge in [0.2, 0.25) is 0 Å². The van der Waals surface area contributed by atoms with E-state index < -0.39 is 13.8 Å². The van der Waals surface area contributed by atoms with E-state index in [0.717, 1.165) is 20.1 Å². The summed E-state index contributed by atoms with van der Waals surface area (Å²) >= 11 is 3.96. The predicted octanol–water partition coefficient (Wildman–Crippen LogP) is 1.86. The molecule has 1 atom stereocenters. The van der Waals surface area contributed by atoms with Gasteiger partial charge in [-0.1, -0.05) is 0 Å². The van der Waals surface area contributed by atoms with Crippen molar-refractivity contribution < 1.29 is 3.83 Å². The first-order chi connectivity index (χ1) is 7.29. The average Bonchev–Trinajstić information content (AvgIpc) is 2.55. The minimum atomic E-state index is -2.12. The molecule has 74 valence electrons. The van der Waals surface area contributed by atoms with Gasteiger partial charge < -0.3 is 0 Å². The van der Waals surface area contributed by atoms with Gasteiger partial charge >= 0.3 is 96.8 Å². The van der Waals surface area contributed by atoms with Crippen molar-refractivity contribution >= 4 is 34.4 Å². The third kappa shape index (κ3) is 1.23. The van der Waals surface area contributed by atoms with Gasteiger partial charge in [0.25, 0.3) is 0 Å². The Balaban J connectivity index is 2.43. The molecular formula is C12H7ClOSe. The summed E-state index contributed by atoms with van der Waals surface area (Å²) in [6.07, 6.45) is 0. The van der Waals surface area contributed by atoms with Crippen LogP contribution < -0.4 is 8.92 Å². The first-order valence-corrected chi connectivity index (χ1v) is 7.38. The van der Waals surface area contributed by atoms with E-state index in [2.05, 4.69) is 0 Å². The van der Waals surface area contributed by atoms with E-state index in [1.807, 2.05) is 36.4 Å². The molecule has 0 N–H and O–H groups in total. The van der Waals surface area contributed by atoms with Gasteiger partial charge in [-0.05, 0) is 0 Å². The van der Waals surface area contributed by atoms with Crippen molar-refractivity contribution in [2.45, 2.75) is 0 Å². The van der Waals surface area contributed by atoms with Crippen LogP contribution in [0, 0.1) is 0 Å². The second-order valence-corrected chi connectivity index (χ2v) is 6.70. The number of rotatable bonds is 0. The number of halogens is 1. The van der Waals surface area contributed by atoms with Crippen molar-refractivity contribution in [2.75, 3.05) is 0 Å². The van der Waals surface area contributed by atoms with Crippen LogP contribution in [0.1, 0.15) is 0 Å². The van der Waals surface area contributed by atoms with E-state index in [1.54, 1.807) is 6.07 Å². The summed E-state index contributed by atoms with van der Waals surface area (Å²) in [5, 5.41) is 0.628. The zero-order chi connectivity index (χ0) is 10.4. The molecule has 3 heteroatoms. The molecular weight excluding hydrogens is 275 g/mol. The molecule has 1 aliphatic heterocycles. The Morgan fingerprint density at radius 3 is 2.53 bits per heavy atom. The summed E-state index contributed by atoms with van der Waals surface area (Å²) < 4.78 is 14.0. The molecule has 1 unspecified atom stereocenters. The fourth-order valence-electron chi connectivity index (χ4n) is 1.87. The average molecular weight is 282 g/mol. The second kappa shape index (κ2) is 3.28. The van der Waals surface area contributed by atoms with Crippen molar-refractivity contribution in [2.24, 2.45) is 0 Å². The quantitative estimate of drug-likeness (QED) is 0.575. The molecule has 3 rings (SSSR count). The minimum absolute atomic E-state index is 0.628. The SMILES string of the molecule is O=[Se]1c2ccccc2-c2cccc(Cl)c21. The zero-order valence-electron chi connectivity index (χ0n) is 7.74. The van der Waals surface area contributed by atoms with Crippen molar-refractivity contribution in [1.29, 1.82) is 0 Å². The summed E-state index contributed by atoms with van der Waals surface area (Å²) in [6, 6.07) is 13.5. The Morgan fingerprint density at radius 2 is 1.67 bits per heavy atom. The van der Waals surface area contributed by atoms with Gasteiger partial charge in [0.1, 0.15) is 0 Å². The van der Waals surface area contributed by atoms with Crippen LogP contribution in [0.4, 0.5) is 0 Å². The number of hydrogen-bond acceptors (Lipinski definition) is 1. The van der Waals surface area contributed by atoms with Gasteiger partial charge in [-0.25, -0.2) is 0 Å². The molecule has 0 amide bonds. The van der Waals surface area contributed by atoms with E-state index in [-0.39, 0.29) is 0 Å². The van der Waals surface area contributed by atoms with Crippen LogP contribution in [0.2, 0.25) is 5.02 Å². The molecule has 0 radical (unpaired) electrons. The van der Waals surface area contributed by atoms with Gasteiger partial charge in [-0.15, -0.1) is 0 Å². The summed E-state index contributed by atoms with van der Waals surface area (Å²) in [4.78, 5) is 0. The molecule has 15 heavy (non-hydrogen) atoms. The summed E-state index contributed by atoms with van der Waals surface area (Å²) in [6.45, 7) is 0. The van der Waals surface area contributed by atoms with Crippen molar-refractivity contribution in [3.05, 3.63) is 47.5 Å². The van der Waals surface area contributed by atoms with Crippen LogP contribution in [0.25, 0.3) is 11.1 Å². The van der Waals surface area contributed by atoms with Crippen molar-refractivity contribution in [1.82, 2.24) is 0 Å².